The number of alkyl halides is 3. The quantitative estimate of drug-likeness (QED) is 0.680. The fourth-order valence-corrected chi connectivity index (χ4v) is 2.37. The number of rotatable bonds is 5. The van der Waals surface area contributed by atoms with Gasteiger partial charge < -0.3 is 14.6 Å². The van der Waals surface area contributed by atoms with Crippen molar-refractivity contribution in [1.29, 1.82) is 0 Å². The molecule has 0 saturated heterocycles. The summed E-state index contributed by atoms with van der Waals surface area (Å²) in [4.78, 5) is 18.7. The van der Waals surface area contributed by atoms with Crippen molar-refractivity contribution in [3.63, 3.8) is 0 Å². The molecule has 3 aromatic rings. The van der Waals surface area contributed by atoms with Gasteiger partial charge in [-0.3, -0.25) is 9.67 Å². The van der Waals surface area contributed by atoms with Crippen LogP contribution in [0, 0.1) is 6.92 Å². The highest BCUT2D eigenvalue weighted by molar-refractivity contribution is 5.99. The van der Waals surface area contributed by atoms with Crippen LogP contribution in [0.3, 0.4) is 0 Å². The zero-order valence-electron chi connectivity index (χ0n) is 13.4. The van der Waals surface area contributed by atoms with E-state index in [1.807, 2.05) is 0 Å². The molecule has 0 spiro atoms. The summed E-state index contributed by atoms with van der Waals surface area (Å²) in [5.74, 6) is -1.53. The maximum atomic E-state index is 12.2. The summed E-state index contributed by atoms with van der Waals surface area (Å²) in [5.41, 5.74) is 1.59. The second kappa shape index (κ2) is 6.62. The second-order valence-corrected chi connectivity index (χ2v) is 5.56. The number of ether oxygens (including phenoxy) is 1. The van der Waals surface area contributed by atoms with Gasteiger partial charge >= 0.3 is 6.18 Å². The van der Waals surface area contributed by atoms with Crippen LogP contribution in [0.1, 0.15) is 21.6 Å². The minimum Gasteiger partial charge on any atom is -0.543 e. The van der Waals surface area contributed by atoms with Gasteiger partial charge in [-0.25, -0.2) is 4.98 Å². The number of fused-ring (bicyclic) bond motifs is 1. The van der Waals surface area contributed by atoms with Crippen molar-refractivity contribution in [2.24, 2.45) is 0 Å². The number of carbonyl (C=O) groups is 1. The van der Waals surface area contributed by atoms with Gasteiger partial charge in [0.1, 0.15) is 0 Å². The minimum atomic E-state index is -4.44. The number of hydrogen-bond acceptors (Lipinski definition) is 6. The van der Waals surface area contributed by atoms with E-state index in [9.17, 15) is 23.1 Å². The number of aromatic carboxylic acids is 1. The van der Waals surface area contributed by atoms with E-state index in [1.165, 1.54) is 29.3 Å². The lowest BCUT2D eigenvalue weighted by atomic mass is 10.1. The van der Waals surface area contributed by atoms with Crippen molar-refractivity contribution in [2.45, 2.75) is 19.6 Å². The number of halogens is 3. The highest BCUT2D eigenvalue weighted by atomic mass is 19.4. The van der Waals surface area contributed by atoms with Gasteiger partial charge in [-0.2, -0.15) is 18.3 Å². The number of pyridine rings is 2. The van der Waals surface area contributed by atoms with Crippen molar-refractivity contribution >= 4 is 16.9 Å². The molecule has 3 rings (SSSR count). The van der Waals surface area contributed by atoms with Gasteiger partial charge in [0.05, 0.1) is 23.7 Å². The molecule has 0 amide bonds. The normalized spacial score (nSPS) is 11.7. The van der Waals surface area contributed by atoms with Crippen molar-refractivity contribution in [1.82, 2.24) is 19.7 Å². The minimum absolute atomic E-state index is 0.127. The Morgan fingerprint density at radius 3 is 2.77 bits per heavy atom. The van der Waals surface area contributed by atoms with Crippen LogP contribution in [0.4, 0.5) is 13.2 Å². The Bertz CT molecular complexity index is 969. The van der Waals surface area contributed by atoms with Crippen LogP contribution < -0.4 is 9.84 Å². The Hall–Kier alpha value is -3.17. The van der Waals surface area contributed by atoms with Gasteiger partial charge in [0.25, 0.3) is 0 Å². The third-order valence-corrected chi connectivity index (χ3v) is 3.58. The number of aryl methyl sites for hydroxylation is 1. The van der Waals surface area contributed by atoms with Crippen molar-refractivity contribution < 1.29 is 27.8 Å². The Morgan fingerprint density at radius 2 is 2.12 bits per heavy atom. The predicted molar refractivity (Wildman–Crippen MR) is 81.5 cm³/mol. The smallest absolute Gasteiger partial charge is 0.422 e. The van der Waals surface area contributed by atoms with Crippen LogP contribution in [0.5, 0.6) is 5.88 Å². The molecule has 3 aromatic heterocycles. The molecule has 3 heterocycles. The lowest BCUT2D eigenvalue weighted by molar-refractivity contribution is -0.255. The first-order chi connectivity index (χ1) is 12.2. The summed E-state index contributed by atoms with van der Waals surface area (Å²) in [6.07, 6.45) is -0.204. The van der Waals surface area contributed by atoms with Crippen LogP contribution in [0.15, 0.2) is 30.7 Å². The molecule has 0 fully saturated rings. The van der Waals surface area contributed by atoms with Gasteiger partial charge in [0, 0.05) is 30.0 Å². The fraction of sp³-hybridized carbons (Fsp3) is 0.250. The number of carboxylic acid groups (broad SMARTS) is 1. The number of carbonyl (C=O) groups excluding carboxylic acids is 1. The summed E-state index contributed by atoms with van der Waals surface area (Å²) in [7, 11) is 0. The van der Waals surface area contributed by atoms with E-state index in [2.05, 4.69) is 19.8 Å². The molecular weight excluding hydrogens is 353 g/mol. The zero-order valence-corrected chi connectivity index (χ0v) is 13.4. The summed E-state index contributed by atoms with van der Waals surface area (Å²) < 4.78 is 42.7. The SMILES string of the molecule is Cc1cc(OCC(F)(F)F)ncc1Cn1cc2c(C(=O)[O-])nccc2n1. The topological polar surface area (TPSA) is 93.0 Å². The molecule has 136 valence electrons. The molecule has 26 heavy (non-hydrogen) atoms. The summed E-state index contributed by atoms with van der Waals surface area (Å²) >= 11 is 0. The van der Waals surface area contributed by atoms with E-state index in [-0.39, 0.29) is 18.1 Å². The van der Waals surface area contributed by atoms with Crippen LogP contribution in [-0.2, 0) is 6.54 Å². The van der Waals surface area contributed by atoms with Crippen LogP contribution in [0.2, 0.25) is 0 Å². The van der Waals surface area contributed by atoms with Gasteiger partial charge in [-0.1, -0.05) is 0 Å². The van der Waals surface area contributed by atoms with Crippen LogP contribution in [0.25, 0.3) is 10.9 Å². The zero-order chi connectivity index (χ0) is 18.9. The molecule has 0 aliphatic rings. The number of carboxylic acids is 1. The first-order valence-electron chi connectivity index (χ1n) is 7.41. The van der Waals surface area contributed by atoms with Crippen LogP contribution in [-0.4, -0.2) is 38.5 Å². The summed E-state index contributed by atoms with van der Waals surface area (Å²) in [6.45, 7) is 0.538. The Balaban J connectivity index is 1.82. The molecule has 0 atom stereocenters. The standard InChI is InChI=1S/C16H13F3N4O3/c1-9-4-13(26-8-16(17,18)19)21-5-10(9)6-23-7-11-12(22-23)2-3-20-14(11)15(24)25/h2-5,7H,6,8H2,1H3,(H,24,25)/p-1. The monoisotopic (exact) mass is 365 g/mol. The highest BCUT2D eigenvalue weighted by Gasteiger charge is 2.28. The lowest BCUT2D eigenvalue weighted by Crippen LogP contribution is -2.23. The van der Waals surface area contributed by atoms with Crippen LogP contribution >= 0.6 is 0 Å². The number of nitrogens with zero attached hydrogens (tertiary/aromatic N) is 4. The predicted octanol–water partition coefficient (Wildman–Crippen LogP) is 1.49. The van der Waals surface area contributed by atoms with Gasteiger partial charge in [0.15, 0.2) is 6.61 Å². The van der Waals surface area contributed by atoms with Gasteiger partial charge in [-0.15, -0.1) is 0 Å². The van der Waals surface area contributed by atoms with E-state index in [0.29, 0.717) is 22.0 Å². The molecule has 0 bridgehead atoms. The average Bonchev–Trinajstić information content (AvgIpc) is 2.96. The van der Waals surface area contributed by atoms with E-state index in [0.717, 1.165) is 0 Å². The first-order valence-corrected chi connectivity index (χ1v) is 7.41. The molecule has 0 aliphatic heterocycles. The molecule has 0 unspecified atom stereocenters. The molecule has 0 radical (unpaired) electrons. The number of aromatic nitrogens is 4. The average molecular weight is 365 g/mol. The summed E-state index contributed by atoms with van der Waals surface area (Å²) in [5, 5.41) is 15.7. The summed E-state index contributed by atoms with van der Waals surface area (Å²) in [6, 6.07) is 2.97. The van der Waals surface area contributed by atoms with E-state index in [4.69, 9.17) is 0 Å². The molecule has 0 saturated carbocycles. The third kappa shape index (κ3) is 3.90. The second-order valence-electron chi connectivity index (χ2n) is 5.56. The van der Waals surface area contributed by atoms with Crippen molar-refractivity contribution in [3.05, 3.63) is 47.5 Å². The molecular formula is C16H12F3N4O3-. The molecule has 10 heteroatoms. The van der Waals surface area contributed by atoms with E-state index >= 15 is 0 Å². The fourth-order valence-electron chi connectivity index (χ4n) is 2.37. The molecule has 0 aromatic carbocycles. The van der Waals surface area contributed by atoms with Gasteiger partial charge in [0.2, 0.25) is 5.88 Å². The Labute approximate surface area is 145 Å². The maximum absolute atomic E-state index is 12.2. The number of hydrogen-bond donors (Lipinski definition) is 0. The highest BCUT2D eigenvalue weighted by Crippen LogP contribution is 2.20. The third-order valence-electron chi connectivity index (χ3n) is 3.58. The van der Waals surface area contributed by atoms with E-state index < -0.39 is 18.8 Å². The maximum Gasteiger partial charge on any atom is 0.422 e. The van der Waals surface area contributed by atoms with Gasteiger partial charge in [-0.05, 0) is 24.1 Å². The first kappa shape index (κ1) is 17.6. The molecule has 7 nitrogen and oxygen atoms in total. The molecule has 0 aliphatic carbocycles. The largest absolute Gasteiger partial charge is 0.543 e. The van der Waals surface area contributed by atoms with Crippen molar-refractivity contribution in [3.8, 4) is 5.88 Å². The van der Waals surface area contributed by atoms with Crippen molar-refractivity contribution in [2.75, 3.05) is 6.61 Å². The Kier molecular flexibility index (Phi) is 4.49. The molecule has 0 N–H and O–H groups in total. The Morgan fingerprint density at radius 1 is 1.35 bits per heavy atom. The van der Waals surface area contributed by atoms with E-state index in [1.54, 1.807) is 13.0 Å². The lowest BCUT2D eigenvalue weighted by Gasteiger charge is -2.11.